The number of aliphatic hydroxyl groups excluding tert-OH is 1. The van der Waals surface area contributed by atoms with Crippen LogP contribution in [-0.4, -0.2) is 78.5 Å². The summed E-state index contributed by atoms with van der Waals surface area (Å²) < 4.78 is 40.2. The minimum atomic E-state index is -1.14. The van der Waals surface area contributed by atoms with Crippen LogP contribution >= 0.6 is 11.6 Å². The van der Waals surface area contributed by atoms with Gasteiger partial charge in [0.25, 0.3) is 11.8 Å². The number of amides is 2. The number of nitrogens with two attached hydrogens (primary N) is 1. The Labute approximate surface area is 247 Å². The van der Waals surface area contributed by atoms with E-state index in [1.54, 1.807) is 0 Å². The molecule has 0 aliphatic heterocycles. The summed E-state index contributed by atoms with van der Waals surface area (Å²) in [5, 5.41) is 16.3. The lowest BCUT2D eigenvalue weighted by Crippen LogP contribution is -2.89. The first kappa shape index (κ1) is 32.5. The molecule has 0 radical (unpaired) electrons. The predicted octanol–water partition coefficient (Wildman–Crippen LogP) is 2.33. The van der Waals surface area contributed by atoms with Crippen molar-refractivity contribution in [3.8, 4) is 17.0 Å². The zero-order valence-electron chi connectivity index (χ0n) is 23.7. The molecular weight excluding hydrogens is 574 g/mol. The first-order chi connectivity index (χ1) is 20.1. The molecule has 0 aliphatic carbocycles. The predicted molar refractivity (Wildman–Crippen MR) is 153 cm³/mol. The van der Waals surface area contributed by atoms with Gasteiger partial charge in [0, 0.05) is 24.8 Å². The van der Waals surface area contributed by atoms with Crippen molar-refractivity contribution in [1.29, 1.82) is 0 Å². The van der Waals surface area contributed by atoms with E-state index >= 15 is 0 Å². The summed E-state index contributed by atoms with van der Waals surface area (Å²) in [6, 6.07) is 7.05. The molecule has 2 amide bonds. The molecule has 0 fully saturated rings. The van der Waals surface area contributed by atoms with Crippen LogP contribution in [0, 0.1) is 11.6 Å². The standard InChI is InChI=1S/C28H33ClF2N6O5/c1-17(16-37(32-2)9-11-42-12-10-38)14-34-27(39)19-6-5-18(13-21(19)29)35-28(40)26-33-15-22(36(26)3)20-7-8-23(41-4)25(31)24(20)30/h5-8,13,15-16,32,38H,9-12,14H2,1-4H3,(H,34,39)(H,35,40)/p+1/b17-16+. The third-order valence-corrected chi connectivity index (χ3v) is 6.49. The van der Waals surface area contributed by atoms with E-state index in [1.807, 2.05) is 30.6 Å². The highest BCUT2D eigenvalue weighted by atomic mass is 35.5. The van der Waals surface area contributed by atoms with Gasteiger partial charge in [-0.2, -0.15) is 4.39 Å². The Morgan fingerprint density at radius 1 is 1.19 bits per heavy atom. The highest BCUT2D eigenvalue weighted by molar-refractivity contribution is 6.34. The SMILES string of the molecule is C[NH2+]N(/C=C(\C)CNC(=O)c1ccc(NC(=O)c2ncc(-c3ccc(OC)c(F)c3F)n2C)cc1Cl)CCOCCO. The highest BCUT2D eigenvalue weighted by Gasteiger charge is 2.21. The van der Waals surface area contributed by atoms with Crippen molar-refractivity contribution in [2.24, 2.45) is 7.05 Å². The lowest BCUT2D eigenvalue weighted by Gasteiger charge is -2.17. The number of anilines is 1. The van der Waals surface area contributed by atoms with Gasteiger partial charge >= 0.3 is 0 Å². The summed E-state index contributed by atoms with van der Waals surface area (Å²) >= 11 is 6.35. The van der Waals surface area contributed by atoms with E-state index in [0.29, 0.717) is 18.8 Å². The quantitative estimate of drug-likeness (QED) is 0.126. The van der Waals surface area contributed by atoms with Crippen LogP contribution in [-0.2, 0) is 11.8 Å². The van der Waals surface area contributed by atoms with Crippen LogP contribution in [0.1, 0.15) is 27.9 Å². The molecule has 0 aliphatic rings. The van der Waals surface area contributed by atoms with Gasteiger partial charge in [0.2, 0.25) is 5.82 Å². The minimum Gasteiger partial charge on any atom is -0.494 e. The molecule has 226 valence electrons. The number of carbonyl (C=O) groups is 2. The number of aromatic nitrogens is 2. The number of methoxy groups -OCH3 is 1. The number of halogens is 3. The van der Waals surface area contributed by atoms with Crippen molar-refractivity contribution < 1.29 is 38.4 Å². The van der Waals surface area contributed by atoms with Gasteiger partial charge < -0.3 is 29.8 Å². The summed E-state index contributed by atoms with van der Waals surface area (Å²) in [7, 11) is 4.61. The van der Waals surface area contributed by atoms with Gasteiger partial charge in [-0.05, 0) is 42.8 Å². The van der Waals surface area contributed by atoms with E-state index in [0.717, 1.165) is 5.57 Å². The van der Waals surface area contributed by atoms with Gasteiger partial charge in [0.15, 0.2) is 17.4 Å². The number of quaternary nitrogens is 1. The van der Waals surface area contributed by atoms with E-state index in [4.69, 9.17) is 26.2 Å². The first-order valence-electron chi connectivity index (χ1n) is 13.0. The molecule has 5 N–H and O–H groups in total. The van der Waals surface area contributed by atoms with Crippen LogP contribution < -0.4 is 20.8 Å². The fourth-order valence-corrected chi connectivity index (χ4v) is 4.24. The van der Waals surface area contributed by atoms with Crippen LogP contribution in [0.3, 0.4) is 0 Å². The Morgan fingerprint density at radius 3 is 2.62 bits per heavy atom. The number of benzene rings is 2. The zero-order chi connectivity index (χ0) is 30.8. The molecule has 3 rings (SSSR count). The average molecular weight is 608 g/mol. The van der Waals surface area contributed by atoms with Gasteiger partial charge in [-0.15, -0.1) is 0 Å². The molecule has 0 spiro atoms. The zero-order valence-corrected chi connectivity index (χ0v) is 24.5. The molecule has 0 saturated carbocycles. The van der Waals surface area contributed by atoms with Crippen molar-refractivity contribution in [3.63, 3.8) is 0 Å². The molecule has 1 aromatic heterocycles. The fraction of sp³-hybridized carbons (Fsp3) is 0.321. The molecule has 0 saturated heterocycles. The second kappa shape index (κ2) is 15.3. The first-order valence-corrected chi connectivity index (χ1v) is 13.3. The topological polar surface area (TPSA) is 135 Å². The number of nitrogens with one attached hydrogen (secondary N) is 2. The Balaban J connectivity index is 1.63. The van der Waals surface area contributed by atoms with Gasteiger partial charge in [-0.25, -0.2) is 19.8 Å². The number of ether oxygens (including phenoxy) is 2. The molecule has 11 nitrogen and oxygen atoms in total. The Morgan fingerprint density at radius 2 is 1.95 bits per heavy atom. The number of hydrogen-bond acceptors (Lipinski definition) is 7. The van der Waals surface area contributed by atoms with Gasteiger partial charge in [-0.1, -0.05) is 11.6 Å². The van der Waals surface area contributed by atoms with Gasteiger partial charge in [0.1, 0.15) is 0 Å². The van der Waals surface area contributed by atoms with E-state index in [9.17, 15) is 18.4 Å². The normalized spacial score (nSPS) is 11.4. The molecule has 2 aromatic carbocycles. The molecule has 0 unspecified atom stereocenters. The number of hydrogen-bond donors (Lipinski definition) is 4. The minimum absolute atomic E-state index is 0.0332. The molecular formula is C28H34ClF2N6O5+. The number of aliphatic hydroxyl groups is 1. The van der Waals surface area contributed by atoms with Crippen molar-refractivity contribution >= 4 is 29.1 Å². The van der Waals surface area contributed by atoms with Gasteiger partial charge in [0.05, 0.1) is 69.2 Å². The second-order valence-corrected chi connectivity index (χ2v) is 9.52. The lowest BCUT2D eigenvalue weighted by molar-refractivity contribution is -0.770. The van der Waals surface area contributed by atoms with Crippen LogP contribution in [0.5, 0.6) is 5.75 Å². The fourth-order valence-electron chi connectivity index (χ4n) is 3.97. The largest absolute Gasteiger partial charge is 0.494 e. The van der Waals surface area contributed by atoms with Crippen LogP contribution in [0.4, 0.5) is 14.5 Å². The number of rotatable bonds is 14. The molecule has 0 bridgehead atoms. The van der Waals surface area contributed by atoms with E-state index in [-0.39, 0.29) is 53.2 Å². The van der Waals surface area contributed by atoms with Crippen LogP contribution in [0.2, 0.25) is 5.02 Å². The van der Waals surface area contributed by atoms with Crippen molar-refractivity contribution in [3.05, 3.63) is 76.3 Å². The maximum atomic E-state index is 14.6. The van der Waals surface area contributed by atoms with E-state index in [2.05, 4.69) is 15.6 Å². The third-order valence-electron chi connectivity index (χ3n) is 6.18. The van der Waals surface area contributed by atoms with Crippen molar-refractivity contribution in [1.82, 2.24) is 19.9 Å². The number of carbonyl (C=O) groups excluding carboxylic acids is 2. The maximum absolute atomic E-state index is 14.6. The van der Waals surface area contributed by atoms with Crippen LogP contribution in [0.25, 0.3) is 11.3 Å². The molecule has 0 atom stereocenters. The van der Waals surface area contributed by atoms with Gasteiger partial charge in [-0.3, -0.25) is 9.59 Å². The van der Waals surface area contributed by atoms with Crippen LogP contribution in [0.15, 0.2) is 48.3 Å². The Kier molecular flexibility index (Phi) is 11.8. The summed E-state index contributed by atoms with van der Waals surface area (Å²) in [6.07, 6.45) is 3.14. The monoisotopic (exact) mass is 607 g/mol. The summed E-state index contributed by atoms with van der Waals surface area (Å²) in [5.41, 5.74) is 3.38. The molecule has 42 heavy (non-hydrogen) atoms. The second-order valence-electron chi connectivity index (χ2n) is 9.11. The highest BCUT2D eigenvalue weighted by Crippen LogP contribution is 2.30. The molecule has 3 aromatic rings. The summed E-state index contributed by atoms with van der Waals surface area (Å²) in [4.78, 5) is 29.7. The number of nitrogens with zero attached hydrogens (tertiary/aromatic N) is 3. The van der Waals surface area contributed by atoms with E-state index < -0.39 is 23.4 Å². The van der Waals surface area contributed by atoms with E-state index in [1.165, 1.54) is 55.3 Å². The summed E-state index contributed by atoms with van der Waals surface area (Å²) in [6.45, 7) is 3.43. The number of imidazole rings is 1. The maximum Gasteiger partial charge on any atom is 0.291 e. The Bertz CT molecular complexity index is 1450. The molecule has 1 heterocycles. The summed E-state index contributed by atoms with van der Waals surface area (Å²) in [5.74, 6) is -3.58. The Hall–Kier alpha value is -4.04. The average Bonchev–Trinajstić information content (AvgIpc) is 3.35. The van der Waals surface area contributed by atoms with Crippen molar-refractivity contribution in [2.75, 3.05) is 52.4 Å². The lowest BCUT2D eigenvalue weighted by atomic mass is 10.1. The smallest absolute Gasteiger partial charge is 0.291 e. The van der Waals surface area contributed by atoms with Crippen molar-refractivity contribution in [2.45, 2.75) is 6.92 Å². The molecule has 14 heteroatoms. The third kappa shape index (κ3) is 8.03.